The molecule has 0 rings (SSSR count). The summed E-state index contributed by atoms with van der Waals surface area (Å²) in [4.78, 5) is 31.1. The molecule has 0 aliphatic heterocycles. The number of hydrogen-bond donors (Lipinski definition) is 3. The lowest BCUT2D eigenvalue weighted by Gasteiger charge is -2.02. The van der Waals surface area contributed by atoms with Crippen molar-refractivity contribution in [2.45, 2.75) is 0 Å². The van der Waals surface area contributed by atoms with Gasteiger partial charge in [-0.2, -0.15) is 0 Å². The summed E-state index contributed by atoms with van der Waals surface area (Å²) in [6.45, 7) is 0.753. The van der Waals surface area contributed by atoms with Gasteiger partial charge in [0.05, 0.1) is 0 Å². The van der Waals surface area contributed by atoms with E-state index in [-0.39, 0.29) is 5.48 Å². The normalized spacial score (nSPS) is 9.72. The van der Waals surface area contributed by atoms with E-state index in [9.17, 15) is 14.4 Å². The average Bonchev–Trinajstić information content (AvgIpc) is 2.14. The van der Waals surface area contributed by atoms with Crippen molar-refractivity contribution in [3.8, 4) is 0 Å². The van der Waals surface area contributed by atoms with Crippen molar-refractivity contribution in [1.82, 2.24) is 4.90 Å². The molecule has 0 saturated heterocycles. The maximum atomic E-state index is 10.1. The molecule has 8 nitrogen and oxygen atoms in total. The maximum absolute atomic E-state index is 10.1. The maximum Gasteiger partial charge on any atom is 0.328 e. The second-order valence-corrected chi connectivity index (χ2v) is 3.08. The molecule has 0 radical (unpaired) electrons. The first-order valence-electron chi connectivity index (χ1n) is 4.50. The fourth-order valence-corrected chi connectivity index (χ4v) is 0.522. The molecule has 0 atom stereocenters. The molecule has 8 heteroatoms. The zero-order valence-corrected chi connectivity index (χ0v) is 10.2. The van der Waals surface area contributed by atoms with Crippen LogP contribution in [0.4, 0.5) is 0 Å². The predicted molar refractivity (Wildman–Crippen MR) is 64.9 cm³/mol. The standard InChI is InChI=1S/C6H12N2O.C4H4O4.H2O/c1-8(2)5-3-4-6(7)9;5-3(6)1-2-4(7)8;/h3-4H,5H2,1-2H3,(H2,7,9);1-2H,(H,5,6)(H,7,8);1H2/b;2-1-;. The molecule has 0 fully saturated rings. The topological polar surface area (TPSA) is 152 Å². The lowest BCUT2D eigenvalue weighted by molar-refractivity contribution is -0.134. The first-order valence-corrected chi connectivity index (χ1v) is 4.50. The van der Waals surface area contributed by atoms with Gasteiger partial charge < -0.3 is 26.3 Å². The number of primary amides is 1. The van der Waals surface area contributed by atoms with Crippen LogP contribution >= 0.6 is 0 Å². The highest BCUT2D eigenvalue weighted by Gasteiger charge is 1.88. The van der Waals surface area contributed by atoms with Gasteiger partial charge in [0.2, 0.25) is 5.91 Å². The third-order valence-electron chi connectivity index (χ3n) is 1.12. The van der Waals surface area contributed by atoms with Crippen LogP contribution in [-0.4, -0.2) is 59.1 Å². The molecule has 18 heavy (non-hydrogen) atoms. The monoisotopic (exact) mass is 262 g/mol. The van der Waals surface area contributed by atoms with Crippen molar-refractivity contribution in [2.24, 2.45) is 5.73 Å². The van der Waals surface area contributed by atoms with Gasteiger partial charge in [0, 0.05) is 18.7 Å². The Morgan fingerprint density at radius 1 is 1.06 bits per heavy atom. The van der Waals surface area contributed by atoms with E-state index in [2.05, 4.69) is 0 Å². The number of nitrogens with zero attached hydrogens (tertiary/aromatic N) is 1. The summed E-state index contributed by atoms with van der Waals surface area (Å²) in [6, 6.07) is 0. The van der Waals surface area contributed by atoms with Gasteiger partial charge in [-0.15, -0.1) is 0 Å². The van der Waals surface area contributed by atoms with Crippen molar-refractivity contribution in [2.75, 3.05) is 20.6 Å². The van der Waals surface area contributed by atoms with Gasteiger partial charge in [-0.3, -0.25) is 4.79 Å². The van der Waals surface area contributed by atoms with Gasteiger partial charge in [-0.25, -0.2) is 9.59 Å². The Morgan fingerprint density at radius 2 is 1.44 bits per heavy atom. The molecule has 0 aliphatic carbocycles. The summed E-state index contributed by atoms with van der Waals surface area (Å²) < 4.78 is 0. The first kappa shape index (κ1) is 21.1. The van der Waals surface area contributed by atoms with Crippen molar-refractivity contribution in [3.05, 3.63) is 24.3 Å². The molecule has 104 valence electrons. The van der Waals surface area contributed by atoms with E-state index < -0.39 is 17.8 Å². The minimum Gasteiger partial charge on any atom is -0.478 e. The SMILES string of the molecule is CN(C)CC=CC(N)=O.O.O=C(O)/C=C\C(=O)O. The van der Waals surface area contributed by atoms with Crippen LogP contribution in [0.5, 0.6) is 0 Å². The fourth-order valence-electron chi connectivity index (χ4n) is 0.522. The number of nitrogens with two attached hydrogens (primary N) is 1. The molecule has 0 aromatic rings. The van der Waals surface area contributed by atoms with Gasteiger partial charge >= 0.3 is 11.9 Å². The zero-order valence-electron chi connectivity index (χ0n) is 10.2. The van der Waals surface area contributed by atoms with E-state index in [1.807, 2.05) is 19.0 Å². The van der Waals surface area contributed by atoms with E-state index in [0.717, 1.165) is 6.54 Å². The van der Waals surface area contributed by atoms with Crippen molar-refractivity contribution in [1.29, 1.82) is 0 Å². The van der Waals surface area contributed by atoms with Crippen molar-refractivity contribution in [3.63, 3.8) is 0 Å². The van der Waals surface area contributed by atoms with Crippen LogP contribution in [0.25, 0.3) is 0 Å². The van der Waals surface area contributed by atoms with Crippen LogP contribution in [-0.2, 0) is 14.4 Å². The predicted octanol–water partition coefficient (Wildman–Crippen LogP) is -1.52. The number of carbonyl (C=O) groups is 3. The van der Waals surface area contributed by atoms with Gasteiger partial charge in [0.1, 0.15) is 0 Å². The number of hydrogen-bond acceptors (Lipinski definition) is 4. The van der Waals surface area contributed by atoms with Gasteiger partial charge in [0.25, 0.3) is 0 Å². The van der Waals surface area contributed by atoms with Crippen LogP contribution in [0.2, 0.25) is 0 Å². The number of rotatable bonds is 5. The van der Waals surface area contributed by atoms with Crippen LogP contribution in [0.15, 0.2) is 24.3 Å². The Labute approximate surface area is 104 Å². The van der Waals surface area contributed by atoms with Gasteiger partial charge in [-0.1, -0.05) is 6.08 Å². The molecule has 0 aliphatic rings. The molecule has 0 heterocycles. The quantitative estimate of drug-likeness (QED) is 0.511. The van der Waals surface area contributed by atoms with Crippen molar-refractivity contribution >= 4 is 17.8 Å². The average molecular weight is 262 g/mol. The second-order valence-electron chi connectivity index (χ2n) is 3.08. The molecule has 0 saturated carbocycles. The van der Waals surface area contributed by atoms with E-state index in [1.165, 1.54) is 6.08 Å². The fraction of sp³-hybridized carbons (Fsp3) is 0.300. The highest BCUT2D eigenvalue weighted by atomic mass is 16.4. The Hall–Kier alpha value is -2.19. The summed E-state index contributed by atoms with van der Waals surface area (Å²) in [6.07, 6.45) is 4.20. The summed E-state index contributed by atoms with van der Waals surface area (Å²) in [5.41, 5.74) is 4.83. The molecule has 6 N–H and O–H groups in total. The van der Waals surface area contributed by atoms with E-state index >= 15 is 0 Å². The van der Waals surface area contributed by atoms with E-state index in [0.29, 0.717) is 12.2 Å². The summed E-state index contributed by atoms with van der Waals surface area (Å²) in [7, 11) is 3.84. The number of carbonyl (C=O) groups excluding carboxylic acids is 1. The molecule has 0 aromatic carbocycles. The number of carboxylic acids is 2. The molecule has 0 bridgehead atoms. The second kappa shape index (κ2) is 12.9. The molecule has 0 aromatic heterocycles. The third kappa shape index (κ3) is 29.2. The zero-order chi connectivity index (χ0) is 13.8. The van der Waals surface area contributed by atoms with Gasteiger partial charge in [-0.05, 0) is 20.2 Å². The Morgan fingerprint density at radius 3 is 1.67 bits per heavy atom. The molecular formula is C10H18N2O6. The summed E-state index contributed by atoms with van der Waals surface area (Å²) >= 11 is 0. The lowest BCUT2D eigenvalue weighted by atomic mass is 10.4. The molecule has 1 amide bonds. The lowest BCUT2D eigenvalue weighted by Crippen LogP contribution is -2.12. The first-order chi connectivity index (χ1) is 7.75. The molecule has 0 unspecified atom stereocenters. The Bertz CT molecular complexity index is 306. The van der Waals surface area contributed by atoms with Crippen LogP contribution in [0, 0.1) is 0 Å². The van der Waals surface area contributed by atoms with Crippen LogP contribution in [0.3, 0.4) is 0 Å². The van der Waals surface area contributed by atoms with Crippen LogP contribution in [0.1, 0.15) is 0 Å². The van der Waals surface area contributed by atoms with E-state index in [1.54, 1.807) is 6.08 Å². The smallest absolute Gasteiger partial charge is 0.328 e. The summed E-state index contributed by atoms with van der Waals surface area (Å²) in [5, 5.41) is 15.6. The Balaban J connectivity index is -0.000000238. The van der Waals surface area contributed by atoms with E-state index in [4.69, 9.17) is 15.9 Å². The molecular weight excluding hydrogens is 244 g/mol. The number of likely N-dealkylation sites (N-methyl/N-ethyl adjacent to an activating group) is 1. The highest BCUT2D eigenvalue weighted by Crippen LogP contribution is 1.75. The molecule has 0 spiro atoms. The number of carboxylic acid groups (broad SMARTS) is 2. The highest BCUT2D eigenvalue weighted by molar-refractivity contribution is 5.89. The van der Waals surface area contributed by atoms with Gasteiger partial charge in [0.15, 0.2) is 0 Å². The van der Waals surface area contributed by atoms with Crippen LogP contribution < -0.4 is 5.73 Å². The number of aliphatic carboxylic acids is 2. The Kier molecular flexibility index (Phi) is 15.1. The minimum absolute atomic E-state index is 0. The third-order valence-corrected chi connectivity index (χ3v) is 1.12. The largest absolute Gasteiger partial charge is 0.478 e. The summed E-state index contributed by atoms with van der Waals surface area (Å²) in [5.74, 6) is -2.91. The number of amides is 1. The van der Waals surface area contributed by atoms with Crippen molar-refractivity contribution < 1.29 is 30.1 Å². The minimum atomic E-state index is -1.26.